The van der Waals surface area contributed by atoms with Crippen LogP contribution in [0.15, 0.2) is 109 Å². The number of nitrogens with zero attached hydrogens (tertiary/aromatic N) is 2. The Bertz CT molecular complexity index is 1530. The number of aromatic nitrogens is 2. The highest BCUT2D eigenvalue weighted by Gasteiger charge is 2.23. The van der Waals surface area contributed by atoms with Gasteiger partial charge in [-0.2, -0.15) is 0 Å². The van der Waals surface area contributed by atoms with Gasteiger partial charge in [0.2, 0.25) is 5.91 Å². The molecule has 2 amide bonds. The van der Waals surface area contributed by atoms with Crippen LogP contribution in [0, 0.1) is 0 Å². The molecular formula is C29H25N7O2. The molecule has 0 radical (unpaired) electrons. The van der Waals surface area contributed by atoms with Crippen molar-refractivity contribution in [1.82, 2.24) is 20.8 Å². The maximum absolute atomic E-state index is 13.3. The van der Waals surface area contributed by atoms with Gasteiger partial charge in [0.05, 0.1) is 5.92 Å². The smallest absolute Gasteiger partial charge is 0.270 e. The predicted molar refractivity (Wildman–Crippen MR) is 148 cm³/mol. The van der Waals surface area contributed by atoms with E-state index in [9.17, 15) is 9.59 Å². The summed E-state index contributed by atoms with van der Waals surface area (Å²) in [5.41, 5.74) is 19.4. The molecule has 4 aromatic carbocycles. The van der Waals surface area contributed by atoms with Crippen molar-refractivity contribution in [1.29, 1.82) is 0 Å². The Labute approximate surface area is 219 Å². The van der Waals surface area contributed by atoms with Crippen molar-refractivity contribution in [2.45, 2.75) is 5.92 Å². The predicted octanol–water partition coefficient (Wildman–Crippen LogP) is 4.24. The second kappa shape index (κ2) is 11.1. The zero-order chi connectivity index (χ0) is 26.3. The number of hydrogen-bond acceptors (Lipinski definition) is 7. The maximum atomic E-state index is 13.3. The lowest BCUT2D eigenvalue weighted by atomic mass is 9.91. The van der Waals surface area contributed by atoms with E-state index in [1.165, 1.54) is 6.33 Å². The molecule has 0 spiro atoms. The number of fused-ring (bicyclic) bond motifs is 1. The summed E-state index contributed by atoms with van der Waals surface area (Å²) in [4.78, 5) is 34.4. The number of rotatable bonds is 8. The van der Waals surface area contributed by atoms with Crippen LogP contribution in [0.3, 0.4) is 0 Å². The lowest BCUT2D eigenvalue weighted by Gasteiger charge is -2.19. The lowest BCUT2D eigenvalue weighted by molar-refractivity contribution is -0.121. The van der Waals surface area contributed by atoms with Gasteiger partial charge in [0.1, 0.15) is 12.0 Å². The van der Waals surface area contributed by atoms with Crippen LogP contribution in [0.1, 0.15) is 27.4 Å². The van der Waals surface area contributed by atoms with Gasteiger partial charge in [-0.05, 0) is 28.0 Å². The van der Waals surface area contributed by atoms with Crippen LogP contribution in [-0.4, -0.2) is 21.8 Å². The van der Waals surface area contributed by atoms with Crippen LogP contribution in [-0.2, 0) is 4.79 Å². The Morgan fingerprint density at radius 3 is 1.87 bits per heavy atom. The van der Waals surface area contributed by atoms with Gasteiger partial charge in [-0.25, -0.2) is 9.97 Å². The average Bonchev–Trinajstić information content (AvgIpc) is 2.97. The average molecular weight is 504 g/mol. The Hall–Kier alpha value is -5.44. The molecule has 9 heteroatoms. The maximum Gasteiger partial charge on any atom is 0.270 e. The summed E-state index contributed by atoms with van der Waals surface area (Å²) >= 11 is 0. The highest BCUT2D eigenvalue weighted by Crippen LogP contribution is 2.26. The van der Waals surface area contributed by atoms with Crippen molar-refractivity contribution in [3.63, 3.8) is 0 Å². The monoisotopic (exact) mass is 503 g/mol. The van der Waals surface area contributed by atoms with Crippen LogP contribution in [0.4, 0.5) is 17.3 Å². The summed E-state index contributed by atoms with van der Waals surface area (Å²) in [6.07, 6.45) is 1.27. The van der Waals surface area contributed by atoms with E-state index in [2.05, 4.69) is 31.7 Å². The van der Waals surface area contributed by atoms with Crippen LogP contribution < -0.4 is 27.4 Å². The van der Waals surface area contributed by atoms with Crippen molar-refractivity contribution in [3.8, 4) is 0 Å². The zero-order valence-electron chi connectivity index (χ0n) is 20.3. The molecule has 6 N–H and O–H groups in total. The molecule has 5 rings (SSSR count). The fourth-order valence-electron chi connectivity index (χ4n) is 4.18. The van der Waals surface area contributed by atoms with Gasteiger partial charge in [0, 0.05) is 5.56 Å². The number of carbonyl (C=O) groups excluding carboxylic acids is 2. The Morgan fingerprint density at radius 2 is 1.21 bits per heavy atom. The van der Waals surface area contributed by atoms with Gasteiger partial charge in [-0.3, -0.25) is 31.3 Å². The first-order valence-corrected chi connectivity index (χ1v) is 11.9. The van der Waals surface area contributed by atoms with Gasteiger partial charge in [0.25, 0.3) is 5.91 Å². The summed E-state index contributed by atoms with van der Waals surface area (Å²) in [6, 6.07) is 32.1. The Kier molecular flexibility index (Phi) is 7.08. The van der Waals surface area contributed by atoms with E-state index < -0.39 is 5.92 Å². The molecule has 0 aliphatic rings. The van der Waals surface area contributed by atoms with Gasteiger partial charge in [-0.1, -0.05) is 97.1 Å². The first-order chi connectivity index (χ1) is 18.6. The van der Waals surface area contributed by atoms with Gasteiger partial charge < -0.3 is 5.73 Å². The number of nitrogens with one attached hydrogen (secondary N) is 4. The molecule has 0 unspecified atom stereocenters. The third-order valence-corrected chi connectivity index (χ3v) is 6.04. The first kappa shape index (κ1) is 24.3. The molecule has 0 aliphatic carbocycles. The van der Waals surface area contributed by atoms with Gasteiger partial charge in [0.15, 0.2) is 11.6 Å². The van der Waals surface area contributed by atoms with Gasteiger partial charge >= 0.3 is 0 Å². The molecule has 0 saturated carbocycles. The topological polar surface area (TPSA) is 134 Å². The molecule has 5 aromatic rings. The first-order valence-electron chi connectivity index (χ1n) is 11.9. The third-order valence-electron chi connectivity index (χ3n) is 6.04. The molecule has 9 nitrogen and oxygen atoms in total. The standard InChI is InChI=1S/C29H25N7O2/c30-25-26(33-35-28(37)23-17-9-15-19-10-7-8-16-22(19)23)31-18-32-27(25)34-36-29(38)24(20-11-3-1-4-12-20)21-13-5-2-6-14-21/h1-18,24H,30H2,(H,35,37)(H,36,38)(H2,31,32,33,34). The fourth-order valence-corrected chi connectivity index (χ4v) is 4.18. The number of carbonyl (C=O) groups is 2. The van der Waals surface area contributed by atoms with Crippen LogP contribution in [0.5, 0.6) is 0 Å². The molecular weight excluding hydrogens is 478 g/mol. The molecule has 38 heavy (non-hydrogen) atoms. The summed E-state index contributed by atoms with van der Waals surface area (Å²) in [5, 5.41) is 1.77. The number of hydrazine groups is 2. The molecule has 0 aliphatic heterocycles. The van der Waals surface area contributed by atoms with Crippen LogP contribution in [0.25, 0.3) is 10.8 Å². The van der Waals surface area contributed by atoms with Gasteiger partial charge in [-0.15, -0.1) is 0 Å². The highest BCUT2D eigenvalue weighted by atomic mass is 16.2. The van der Waals surface area contributed by atoms with E-state index in [0.29, 0.717) is 5.56 Å². The second-order valence-corrected chi connectivity index (χ2v) is 8.46. The Morgan fingerprint density at radius 1 is 0.658 bits per heavy atom. The number of nitrogens with two attached hydrogens (primary N) is 1. The van der Waals surface area contributed by atoms with E-state index in [-0.39, 0.29) is 29.1 Å². The summed E-state index contributed by atoms with van der Waals surface area (Å²) < 4.78 is 0. The second-order valence-electron chi connectivity index (χ2n) is 8.46. The van der Waals surface area contributed by atoms with E-state index in [1.54, 1.807) is 6.07 Å². The summed E-state index contributed by atoms with van der Waals surface area (Å²) in [7, 11) is 0. The van der Waals surface area contributed by atoms with E-state index in [0.717, 1.165) is 21.9 Å². The molecule has 1 heterocycles. The van der Waals surface area contributed by atoms with Crippen molar-refractivity contribution < 1.29 is 9.59 Å². The molecule has 0 saturated heterocycles. The highest BCUT2D eigenvalue weighted by molar-refractivity contribution is 6.07. The number of benzene rings is 4. The minimum atomic E-state index is -0.550. The quantitative estimate of drug-likeness (QED) is 0.200. The van der Waals surface area contributed by atoms with E-state index >= 15 is 0 Å². The lowest BCUT2D eigenvalue weighted by Crippen LogP contribution is -2.35. The van der Waals surface area contributed by atoms with Crippen molar-refractivity contribution >= 4 is 39.9 Å². The zero-order valence-corrected chi connectivity index (χ0v) is 20.3. The molecule has 0 bridgehead atoms. The normalized spacial score (nSPS) is 10.7. The van der Waals surface area contributed by atoms with Crippen molar-refractivity contribution in [3.05, 3.63) is 126 Å². The SMILES string of the molecule is Nc1c(NNC(=O)c2cccc3ccccc23)ncnc1NNC(=O)C(c1ccccc1)c1ccccc1. The fraction of sp³-hybridized carbons (Fsp3) is 0.0345. The number of hydrogen-bond donors (Lipinski definition) is 5. The van der Waals surface area contributed by atoms with Crippen LogP contribution >= 0.6 is 0 Å². The molecule has 188 valence electrons. The summed E-state index contributed by atoms with van der Waals surface area (Å²) in [5.74, 6) is -0.843. The number of anilines is 3. The molecule has 1 aromatic heterocycles. The van der Waals surface area contributed by atoms with E-state index in [1.807, 2.05) is 97.1 Å². The molecule has 0 fully saturated rings. The molecule has 0 atom stereocenters. The van der Waals surface area contributed by atoms with E-state index in [4.69, 9.17) is 5.73 Å². The Balaban J connectivity index is 1.28. The van der Waals surface area contributed by atoms with Crippen LogP contribution in [0.2, 0.25) is 0 Å². The summed E-state index contributed by atoms with van der Waals surface area (Å²) in [6.45, 7) is 0. The number of nitrogen functional groups attached to an aromatic ring is 1. The minimum Gasteiger partial charge on any atom is -0.393 e. The number of amides is 2. The van der Waals surface area contributed by atoms with Crippen molar-refractivity contribution in [2.24, 2.45) is 0 Å². The van der Waals surface area contributed by atoms with Crippen molar-refractivity contribution in [2.75, 3.05) is 16.6 Å². The third kappa shape index (κ3) is 5.21. The largest absolute Gasteiger partial charge is 0.393 e. The minimum absolute atomic E-state index is 0.113.